The molecule has 0 aliphatic carbocycles. The summed E-state index contributed by atoms with van der Waals surface area (Å²) in [7, 11) is 2.76. The molecule has 9 heteroatoms. The summed E-state index contributed by atoms with van der Waals surface area (Å²) in [6.45, 7) is 1.66. The predicted octanol–water partition coefficient (Wildman–Crippen LogP) is 4.08. The number of thioether (sulfide) groups is 1. The SMILES string of the molecule is COC(=O)CSC1=C(C#N)[C@@H](c2ccccc2F)C(C(=O)Nc2ccccc2OC)=C(C)N1. The zero-order valence-corrected chi connectivity index (χ0v) is 19.1. The van der Waals surface area contributed by atoms with Crippen LogP contribution in [0.25, 0.3) is 0 Å². The normalized spacial score (nSPS) is 15.4. The largest absolute Gasteiger partial charge is 0.495 e. The number of nitrogens with one attached hydrogen (secondary N) is 2. The number of para-hydroxylation sites is 2. The van der Waals surface area contributed by atoms with Gasteiger partial charge in [0.15, 0.2) is 0 Å². The summed E-state index contributed by atoms with van der Waals surface area (Å²) in [5, 5.41) is 16.2. The topological polar surface area (TPSA) is 100 Å². The Morgan fingerprint density at radius 1 is 1.18 bits per heavy atom. The summed E-state index contributed by atoms with van der Waals surface area (Å²) in [6.07, 6.45) is 0. The molecule has 1 heterocycles. The number of esters is 1. The molecule has 0 unspecified atom stereocenters. The van der Waals surface area contributed by atoms with Crippen LogP contribution in [0.4, 0.5) is 10.1 Å². The Kier molecular flexibility index (Phi) is 7.74. The average Bonchev–Trinajstić information content (AvgIpc) is 2.82. The third-order valence-electron chi connectivity index (χ3n) is 5.03. The molecule has 1 atom stereocenters. The molecule has 2 aromatic carbocycles. The van der Waals surface area contributed by atoms with Gasteiger partial charge < -0.3 is 20.1 Å². The highest BCUT2D eigenvalue weighted by molar-refractivity contribution is 8.03. The predicted molar refractivity (Wildman–Crippen MR) is 124 cm³/mol. The number of allylic oxidation sites excluding steroid dienone is 2. The van der Waals surface area contributed by atoms with Crippen LogP contribution >= 0.6 is 11.8 Å². The number of ether oxygens (including phenoxy) is 2. The quantitative estimate of drug-likeness (QED) is 0.592. The molecule has 0 saturated carbocycles. The van der Waals surface area contributed by atoms with Crippen molar-refractivity contribution in [2.24, 2.45) is 0 Å². The molecule has 3 rings (SSSR count). The van der Waals surface area contributed by atoms with E-state index in [9.17, 15) is 19.2 Å². The fourth-order valence-electron chi connectivity index (χ4n) is 3.48. The van der Waals surface area contributed by atoms with Crippen molar-refractivity contribution in [2.45, 2.75) is 12.8 Å². The third-order valence-corrected chi connectivity index (χ3v) is 6.02. The maximum absolute atomic E-state index is 14.9. The zero-order chi connectivity index (χ0) is 24.0. The Hall–Kier alpha value is -3.77. The number of rotatable bonds is 7. The number of carbonyl (C=O) groups excluding carboxylic acids is 2. The first-order chi connectivity index (χ1) is 15.9. The van der Waals surface area contributed by atoms with Crippen LogP contribution in [-0.4, -0.2) is 31.8 Å². The van der Waals surface area contributed by atoms with Crippen LogP contribution in [0.15, 0.2) is 70.4 Å². The Morgan fingerprint density at radius 3 is 2.55 bits per heavy atom. The van der Waals surface area contributed by atoms with E-state index in [-0.39, 0.29) is 22.5 Å². The molecule has 1 aliphatic heterocycles. The van der Waals surface area contributed by atoms with Crippen LogP contribution in [0.5, 0.6) is 5.75 Å². The summed E-state index contributed by atoms with van der Waals surface area (Å²) in [5.74, 6) is -2.11. The van der Waals surface area contributed by atoms with Crippen LogP contribution in [0.3, 0.4) is 0 Å². The van der Waals surface area contributed by atoms with Crippen molar-refractivity contribution < 1.29 is 23.5 Å². The van der Waals surface area contributed by atoms with Gasteiger partial charge in [0.1, 0.15) is 11.6 Å². The van der Waals surface area contributed by atoms with Gasteiger partial charge in [-0.3, -0.25) is 9.59 Å². The molecule has 2 N–H and O–H groups in total. The summed E-state index contributed by atoms with van der Waals surface area (Å²) in [6, 6.07) is 15.0. The van der Waals surface area contributed by atoms with Gasteiger partial charge in [0.05, 0.1) is 48.2 Å². The number of carbonyl (C=O) groups is 2. The molecule has 0 spiro atoms. The standard InChI is InChI=1S/C24H22FN3O4S/c1-14-21(23(30)28-18-10-6-7-11-19(18)31-2)22(15-8-4-5-9-17(15)25)16(12-26)24(27-14)33-13-20(29)32-3/h4-11,22,27H,13H2,1-3H3,(H,28,30)/t22-/m1/s1. The van der Waals surface area contributed by atoms with Crippen molar-refractivity contribution >= 4 is 29.3 Å². The number of methoxy groups -OCH3 is 2. The average molecular weight is 468 g/mol. The van der Waals surface area contributed by atoms with E-state index in [1.807, 2.05) is 0 Å². The Balaban J connectivity index is 2.08. The number of hydrogen-bond donors (Lipinski definition) is 2. The van der Waals surface area contributed by atoms with E-state index in [0.717, 1.165) is 11.8 Å². The number of halogens is 1. The molecule has 0 bridgehead atoms. The van der Waals surface area contributed by atoms with Crippen molar-refractivity contribution in [2.75, 3.05) is 25.3 Å². The molecule has 33 heavy (non-hydrogen) atoms. The van der Waals surface area contributed by atoms with Gasteiger partial charge in [0.25, 0.3) is 5.91 Å². The van der Waals surface area contributed by atoms with Gasteiger partial charge in [-0.2, -0.15) is 5.26 Å². The summed E-state index contributed by atoms with van der Waals surface area (Å²) in [4.78, 5) is 25.1. The second kappa shape index (κ2) is 10.7. The van der Waals surface area contributed by atoms with Crippen LogP contribution in [0.2, 0.25) is 0 Å². The Bertz CT molecular complexity index is 1190. The zero-order valence-electron chi connectivity index (χ0n) is 18.3. The molecule has 0 fully saturated rings. The second-order valence-electron chi connectivity index (χ2n) is 6.99. The molecule has 1 aliphatic rings. The lowest BCUT2D eigenvalue weighted by Gasteiger charge is -2.30. The van der Waals surface area contributed by atoms with Crippen molar-refractivity contribution in [3.8, 4) is 11.8 Å². The number of nitrogens with zero attached hydrogens (tertiary/aromatic N) is 1. The lowest BCUT2D eigenvalue weighted by Crippen LogP contribution is -2.31. The fourth-order valence-corrected chi connectivity index (χ4v) is 4.40. The van der Waals surface area contributed by atoms with Crippen LogP contribution in [0.1, 0.15) is 18.4 Å². The molecule has 0 saturated heterocycles. The van der Waals surface area contributed by atoms with Gasteiger partial charge in [0, 0.05) is 16.8 Å². The van der Waals surface area contributed by atoms with Crippen LogP contribution in [0, 0.1) is 17.1 Å². The second-order valence-corrected chi connectivity index (χ2v) is 7.98. The van der Waals surface area contributed by atoms with Gasteiger partial charge in [-0.05, 0) is 25.1 Å². The summed E-state index contributed by atoms with van der Waals surface area (Å²) >= 11 is 1.06. The van der Waals surface area contributed by atoms with E-state index in [2.05, 4.69) is 21.4 Å². The van der Waals surface area contributed by atoms with E-state index < -0.39 is 23.6 Å². The smallest absolute Gasteiger partial charge is 0.316 e. The van der Waals surface area contributed by atoms with Crippen molar-refractivity contribution in [1.29, 1.82) is 5.26 Å². The summed E-state index contributed by atoms with van der Waals surface area (Å²) < 4.78 is 24.9. The van der Waals surface area contributed by atoms with Crippen molar-refractivity contribution in [3.05, 3.63) is 81.8 Å². The van der Waals surface area contributed by atoms with E-state index in [1.165, 1.54) is 32.4 Å². The van der Waals surface area contributed by atoms with Crippen molar-refractivity contribution in [1.82, 2.24) is 5.32 Å². The van der Waals surface area contributed by atoms with Crippen LogP contribution < -0.4 is 15.4 Å². The fraction of sp³-hybridized carbons (Fsp3) is 0.208. The first-order valence-corrected chi connectivity index (χ1v) is 10.9. The molecular weight excluding hydrogens is 445 g/mol. The number of nitriles is 1. The molecular formula is C24H22FN3O4S. The van der Waals surface area contributed by atoms with Gasteiger partial charge in [0.2, 0.25) is 0 Å². The molecule has 7 nitrogen and oxygen atoms in total. The summed E-state index contributed by atoms with van der Waals surface area (Å²) in [5.41, 5.74) is 1.36. The molecule has 2 aromatic rings. The van der Waals surface area contributed by atoms with Crippen molar-refractivity contribution in [3.63, 3.8) is 0 Å². The van der Waals surface area contributed by atoms with E-state index in [0.29, 0.717) is 22.2 Å². The monoisotopic (exact) mass is 467 g/mol. The number of anilines is 1. The number of dihydropyridines is 1. The number of hydrogen-bond acceptors (Lipinski definition) is 7. The van der Waals surface area contributed by atoms with Crippen LogP contribution in [-0.2, 0) is 14.3 Å². The minimum atomic E-state index is -0.979. The lowest BCUT2D eigenvalue weighted by molar-refractivity contribution is -0.137. The Morgan fingerprint density at radius 2 is 1.88 bits per heavy atom. The van der Waals surface area contributed by atoms with Gasteiger partial charge in [-0.15, -0.1) is 0 Å². The first-order valence-electron chi connectivity index (χ1n) is 9.91. The lowest BCUT2D eigenvalue weighted by atomic mass is 9.82. The maximum Gasteiger partial charge on any atom is 0.316 e. The molecule has 0 radical (unpaired) electrons. The number of amides is 1. The van der Waals surface area contributed by atoms with E-state index >= 15 is 0 Å². The van der Waals surface area contributed by atoms with Gasteiger partial charge >= 0.3 is 5.97 Å². The highest BCUT2D eigenvalue weighted by atomic mass is 32.2. The minimum absolute atomic E-state index is 0.0516. The van der Waals surface area contributed by atoms with Gasteiger partial charge in [-0.1, -0.05) is 42.1 Å². The maximum atomic E-state index is 14.9. The highest BCUT2D eigenvalue weighted by Crippen LogP contribution is 2.42. The molecule has 1 amide bonds. The number of benzene rings is 2. The molecule has 0 aromatic heterocycles. The Labute approximate surface area is 195 Å². The highest BCUT2D eigenvalue weighted by Gasteiger charge is 2.36. The van der Waals surface area contributed by atoms with Gasteiger partial charge in [-0.25, -0.2) is 4.39 Å². The minimum Gasteiger partial charge on any atom is -0.495 e. The van der Waals surface area contributed by atoms with E-state index in [1.54, 1.807) is 37.3 Å². The first kappa shape index (κ1) is 23.9. The molecule has 170 valence electrons. The van der Waals surface area contributed by atoms with E-state index in [4.69, 9.17) is 4.74 Å². The third kappa shape index (κ3) is 5.18.